The number of hydrogen-bond donors (Lipinski definition) is 0. The fourth-order valence-electron chi connectivity index (χ4n) is 4.01. The molecule has 3 atom stereocenters. The molecule has 0 amide bonds. The summed E-state index contributed by atoms with van der Waals surface area (Å²) in [6.07, 6.45) is 8.20. The summed E-state index contributed by atoms with van der Waals surface area (Å²) < 4.78 is 25.8. The number of sulfonamides is 1. The van der Waals surface area contributed by atoms with E-state index >= 15 is 0 Å². The smallest absolute Gasteiger partial charge is 0.214 e. The molecule has 1 saturated heterocycles. The van der Waals surface area contributed by atoms with Crippen molar-refractivity contribution in [2.75, 3.05) is 38.5 Å². The minimum absolute atomic E-state index is 0.296. The molecule has 2 fully saturated rings. The summed E-state index contributed by atoms with van der Waals surface area (Å²) in [7, 11) is -3.00. The molecule has 1 saturated carbocycles. The van der Waals surface area contributed by atoms with Gasteiger partial charge in [0.05, 0.1) is 5.75 Å². The molecular weight excluding hydrogens is 272 g/mol. The van der Waals surface area contributed by atoms with Crippen molar-refractivity contribution in [1.29, 1.82) is 0 Å². The first-order valence-electron chi connectivity index (χ1n) is 7.97. The summed E-state index contributed by atoms with van der Waals surface area (Å²) in [5, 5.41) is 0. The summed E-state index contributed by atoms with van der Waals surface area (Å²) in [5.74, 6) is 2.73. The van der Waals surface area contributed by atoms with Crippen LogP contribution >= 0.6 is 0 Å². The Morgan fingerprint density at radius 2 is 1.85 bits per heavy atom. The maximum Gasteiger partial charge on any atom is 0.214 e. The predicted octanol–water partition coefficient (Wildman–Crippen LogP) is 1.56. The molecule has 1 aliphatic heterocycles. The van der Waals surface area contributed by atoms with Gasteiger partial charge in [0.15, 0.2) is 0 Å². The standard InChI is InChI=1S/C15H26N2O2S/c1-2-9-20(18,19)17-7-5-16(6-8-17)12-15-11-13-3-4-14(15)10-13/h3-4,13-15H,2,5-12H2,1H3/t13-,14+,15-/m0/s1. The van der Waals surface area contributed by atoms with E-state index in [1.54, 1.807) is 4.31 Å². The Labute approximate surface area is 122 Å². The molecule has 3 rings (SSSR count). The number of allylic oxidation sites excluding steroid dienone is 2. The SMILES string of the molecule is CCCS(=O)(=O)N1CCN(C[C@@H]2C[C@H]3C=C[C@@H]2C3)CC1. The summed E-state index contributed by atoms with van der Waals surface area (Å²) in [6, 6.07) is 0. The van der Waals surface area contributed by atoms with Crippen LogP contribution in [0.2, 0.25) is 0 Å². The molecule has 2 aliphatic carbocycles. The normalized spacial score (nSPS) is 35.0. The Bertz CT molecular complexity index is 466. The van der Waals surface area contributed by atoms with E-state index in [9.17, 15) is 8.42 Å². The van der Waals surface area contributed by atoms with Crippen molar-refractivity contribution < 1.29 is 8.42 Å². The van der Waals surface area contributed by atoms with Crippen molar-refractivity contribution in [3.63, 3.8) is 0 Å². The van der Waals surface area contributed by atoms with Gasteiger partial charge >= 0.3 is 0 Å². The third kappa shape index (κ3) is 2.95. The average Bonchev–Trinajstić information content (AvgIpc) is 3.01. The highest BCUT2D eigenvalue weighted by molar-refractivity contribution is 7.89. The van der Waals surface area contributed by atoms with Gasteiger partial charge in [-0.25, -0.2) is 8.42 Å². The van der Waals surface area contributed by atoms with Gasteiger partial charge in [-0.15, -0.1) is 0 Å². The van der Waals surface area contributed by atoms with Gasteiger partial charge in [0.2, 0.25) is 10.0 Å². The minimum Gasteiger partial charge on any atom is -0.300 e. The van der Waals surface area contributed by atoms with Crippen LogP contribution in [0.4, 0.5) is 0 Å². The minimum atomic E-state index is -3.00. The van der Waals surface area contributed by atoms with E-state index in [4.69, 9.17) is 0 Å². The van der Waals surface area contributed by atoms with E-state index in [0.717, 1.165) is 37.4 Å². The molecule has 5 heteroatoms. The average molecular weight is 298 g/mol. The van der Waals surface area contributed by atoms with Gasteiger partial charge in [-0.2, -0.15) is 4.31 Å². The summed E-state index contributed by atoms with van der Waals surface area (Å²) in [6.45, 7) is 6.25. The molecule has 114 valence electrons. The molecule has 0 spiro atoms. The zero-order valence-corrected chi connectivity index (χ0v) is 13.2. The lowest BCUT2D eigenvalue weighted by Gasteiger charge is -2.36. The van der Waals surface area contributed by atoms with Crippen LogP contribution in [0.1, 0.15) is 26.2 Å². The zero-order valence-electron chi connectivity index (χ0n) is 12.4. The van der Waals surface area contributed by atoms with E-state index < -0.39 is 10.0 Å². The maximum absolute atomic E-state index is 12.0. The van der Waals surface area contributed by atoms with Crippen molar-refractivity contribution in [1.82, 2.24) is 9.21 Å². The molecule has 2 bridgehead atoms. The zero-order chi connectivity index (χ0) is 14.2. The second-order valence-corrected chi connectivity index (χ2v) is 8.64. The van der Waals surface area contributed by atoms with Crippen molar-refractivity contribution in [3.8, 4) is 0 Å². The molecule has 3 aliphatic rings. The first kappa shape index (κ1) is 14.5. The van der Waals surface area contributed by atoms with Gasteiger partial charge in [-0.3, -0.25) is 0 Å². The quantitative estimate of drug-likeness (QED) is 0.723. The van der Waals surface area contributed by atoms with Crippen LogP contribution in [0.5, 0.6) is 0 Å². The van der Waals surface area contributed by atoms with Gasteiger partial charge < -0.3 is 4.90 Å². The molecule has 1 heterocycles. The van der Waals surface area contributed by atoms with Crippen LogP contribution in [0.25, 0.3) is 0 Å². The van der Waals surface area contributed by atoms with Crippen LogP contribution < -0.4 is 0 Å². The van der Waals surface area contributed by atoms with Crippen LogP contribution in [0.3, 0.4) is 0 Å². The van der Waals surface area contributed by atoms with Gasteiger partial charge in [0.1, 0.15) is 0 Å². The number of rotatable bonds is 5. The summed E-state index contributed by atoms with van der Waals surface area (Å²) in [4.78, 5) is 2.47. The van der Waals surface area contributed by atoms with E-state index in [2.05, 4.69) is 17.1 Å². The topological polar surface area (TPSA) is 40.6 Å². The molecule has 20 heavy (non-hydrogen) atoms. The van der Waals surface area contributed by atoms with Crippen molar-refractivity contribution in [2.45, 2.75) is 26.2 Å². The molecule has 4 nitrogen and oxygen atoms in total. The Kier molecular flexibility index (Phi) is 4.20. The predicted molar refractivity (Wildman–Crippen MR) is 80.9 cm³/mol. The van der Waals surface area contributed by atoms with Crippen molar-refractivity contribution in [3.05, 3.63) is 12.2 Å². The van der Waals surface area contributed by atoms with E-state index in [0.29, 0.717) is 25.3 Å². The van der Waals surface area contributed by atoms with Gasteiger partial charge in [-0.05, 0) is 37.0 Å². The largest absolute Gasteiger partial charge is 0.300 e. The third-order valence-corrected chi connectivity index (χ3v) is 7.17. The van der Waals surface area contributed by atoms with Gasteiger partial charge in [0, 0.05) is 32.7 Å². The number of nitrogens with zero attached hydrogens (tertiary/aromatic N) is 2. The van der Waals surface area contributed by atoms with E-state index in [1.807, 2.05) is 6.92 Å². The van der Waals surface area contributed by atoms with Crippen LogP contribution in [-0.4, -0.2) is 56.1 Å². The summed E-state index contributed by atoms with van der Waals surface area (Å²) in [5.41, 5.74) is 0. The van der Waals surface area contributed by atoms with Gasteiger partial charge in [0.25, 0.3) is 0 Å². The highest BCUT2D eigenvalue weighted by Crippen LogP contribution is 2.43. The van der Waals surface area contributed by atoms with Crippen molar-refractivity contribution in [2.24, 2.45) is 17.8 Å². The maximum atomic E-state index is 12.0. The molecule has 0 radical (unpaired) electrons. The lowest BCUT2D eigenvalue weighted by atomic mass is 9.93. The lowest BCUT2D eigenvalue weighted by molar-refractivity contribution is 0.156. The second kappa shape index (κ2) is 5.78. The lowest BCUT2D eigenvalue weighted by Crippen LogP contribution is -2.50. The Balaban J connectivity index is 1.48. The number of piperazine rings is 1. The molecule has 0 unspecified atom stereocenters. The molecule has 0 aromatic heterocycles. The molecular formula is C15H26N2O2S. The Morgan fingerprint density at radius 1 is 1.10 bits per heavy atom. The Hall–Kier alpha value is -0.390. The fraction of sp³-hybridized carbons (Fsp3) is 0.867. The number of hydrogen-bond acceptors (Lipinski definition) is 3. The highest BCUT2D eigenvalue weighted by Gasteiger charge is 2.37. The first-order valence-corrected chi connectivity index (χ1v) is 9.58. The van der Waals surface area contributed by atoms with Crippen molar-refractivity contribution >= 4 is 10.0 Å². The molecule has 0 aromatic rings. The molecule has 0 aromatic carbocycles. The van der Waals surface area contributed by atoms with Gasteiger partial charge in [-0.1, -0.05) is 19.1 Å². The summed E-state index contributed by atoms with van der Waals surface area (Å²) >= 11 is 0. The second-order valence-electron chi connectivity index (χ2n) is 6.56. The monoisotopic (exact) mass is 298 g/mol. The van der Waals surface area contributed by atoms with Crippen LogP contribution in [0.15, 0.2) is 12.2 Å². The van der Waals surface area contributed by atoms with Crippen LogP contribution in [0, 0.1) is 17.8 Å². The van der Waals surface area contributed by atoms with E-state index in [1.165, 1.54) is 12.8 Å². The highest BCUT2D eigenvalue weighted by atomic mass is 32.2. The Morgan fingerprint density at radius 3 is 2.40 bits per heavy atom. The third-order valence-electron chi connectivity index (χ3n) is 5.10. The fourth-order valence-corrected chi connectivity index (χ4v) is 5.51. The molecule has 0 N–H and O–H groups in total. The number of fused-ring (bicyclic) bond motifs is 2. The van der Waals surface area contributed by atoms with Crippen LogP contribution in [-0.2, 0) is 10.0 Å². The first-order chi connectivity index (χ1) is 9.58. The van der Waals surface area contributed by atoms with E-state index in [-0.39, 0.29) is 0 Å².